The van der Waals surface area contributed by atoms with Gasteiger partial charge < -0.3 is 14.6 Å². The first kappa shape index (κ1) is 17.7. The summed E-state index contributed by atoms with van der Waals surface area (Å²) < 4.78 is 11.1. The molecule has 0 aliphatic carbocycles. The molecule has 0 bridgehead atoms. The molecule has 0 fully saturated rings. The molecular formula is C17H26O4. The van der Waals surface area contributed by atoms with Crippen molar-refractivity contribution in [2.24, 2.45) is 0 Å². The van der Waals surface area contributed by atoms with Gasteiger partial charge in [0.25, 0.3) is 0 Å². The van der Waals surface area contributed by atoms with Crippen LogP contribution in [0.25, 0.3) is 0 Å². The average molecular weight is 294 g/mol. The predicted octanol–water partition coefficient (Wildman–Crippen LogP) is 3.54. The summed E-state index contributed by atoms with van der Waals surface area (Å²) in [6, 6.07) is 6.94. The molecule has 21 heavy (non-hydrogen) atoms. The van der Waals surface area contributed by atoms with Crippen LogP contribution in [-0.4, -0.2) is 37.5 Å². The molecule has 4 heteroatoms. The first-order valence-electron chi connectivity index (χ1n) is 7.50. The number of carboxylic acid groups (broad SMARTS) is 1. The van der Waals surface area contributed by atoms with Crippen LogP contribution < -0.4 is 0 Å². The van der Waals surface area contributed by atoms with E-state index in [0.29, 0.717) is 5.56 Å². The van der Waals surface area contributed by atoms with Crippen molar-refractivity contribution in [1.82, 2.24) is 0 Å². The quantitative estimate of drug-likeness (QED) is 0.671. The molecule has 1 rings (SSSR count). The molecule has 0 saturated heterocycles. The summed E-state index contributed by atoms with van der Waals surface area (Å²) in [4.78, 5) is 10.8. The summed E-state index contributed by atoms with van der Waals surface area (Å²) in [5.74, 6) is -0.904. The van der Waals surface area contributed by atoms with Crippen LogP contribution in [-0.2, 0) is 15.9 Å². The average Bonchev–Trinajstić information content (AvgIpc) is 2.50. The van der Waals surface area contributed by atoms with E-state index >= 15 is 0 Å². The van der Waals surface area contributed by atoms with Crippen LogP contribution in [0.15, 0.2) is 24.3 Å². The summed E-state index contributed by atoms with van der Waals surface area (Å²) in [7, 11) is 3.41. The Morgan fingerprint density at radius 1 is 1.10 bits per heavy atom. The summed E-state index contributed by atoms with van der Waals surface area (Å²) in [6.07, 6.45) is 5.28. The molecule has 0 aromatic heterocycles. The Kier molecular flexibility index (Phi) is 8.01. The van der Waals surface area contributed by atoms with E-state index in [9.17, 15) is 4.79 Å². The molecule has 4 nitrogen and oxygen atoms in total. The minimum atomic E-state index is -0.904. The van der Waals surface area contributed by atoms with Crippen molar-refractivity contribution in [3.8, 4) is 0 Å². The number of carbonyl (C=O) groups is 1. The number of methoxy groups -OCH3 is 2. The third-order valence-electron chi connectivity index (χ3n) is 3.75. The number of unbranched alkanes of at least 4 members (excludes halogenated alkanes) is 2. The number of hydrogen-bond acceptors (Lipinski definition) is 3. The standard InChI is InChI=1S/C17H26O4/c1-4-5-6-7-15(20-2)16(21-3)12-13-8-10-14(11-9-13)17(18)19/h8-11,15-16H,4-7,12H2,1-3H3,(H,18,19). The van der Waals surface area contributed by atoms with Gasteiger partial charge in [-0.05, 0) is 24.1 Å². The third kappa shape index (κ3) is 5.86. The smallest absolute Gasteiger partial charge is 0.335 e. The zero-order valence-corrected chi connectivity index (χ0v) is 13.2. The first-order chi connectivity index (χ1) is 10.1. The molecule has 1 aromatic carbocycles. The van der Waals surface area contributed by atoms with Crippen LogP contribution in [0.2, 0.25) is 0 Å². The molecule has 0 radical (unpaired) electrons. The third-order valence-corrected chi connectivity index (χ3v) is 3.75. The highest BCUT2D eigenvalue weighted by atomic mass is 16.5. The van der Waals surface area contributed by atoms with Gasteiger partial charge >= 0.3 is 5.97 Å². The Morgan fingerprint density at radius 2 is 1.71 bits per heavy atom. The summed E-state index contributed by atoms with van der Waals surface area (Å²) in [5, 5.41) is 8.91. The molecular weight excluding hydrogens is 268 g/mol. The highest BCUT2D eigenvalue weighted by Crippen LogP contribution is 2.17. The molecule has 0 aliphatic heterocycles. The molecule has 0 aliphatic rings. The predicted molar refractivity (Wildman–Crippen MR) is 82.8 cm³/mol. The van der Waals surface area contributed by atoms with E-state index in [1.54, 1.807) is 26.4 Å². The first-order valence-corrected chi connectivity index (χ1v) is 7.50. The molecule has 1 aromatic rings. The Labute approximate surface area is 127 Å². The van der Waals surface area contributed by atoms with Crippen molar-refractivity contribution in [2.45, 2.75) is 51.2 Å². The van der Waals surface area contributed by atoms with Gasteiger partial charge in [-0.25, -0.2) is 4.79 Å². The number of ether oxygens (including phenoxy) is 2. The fourth-order valence-corrected chi connectivity index (χ4v) is 2.43. The van der Waals surface area contributed by atoms with Gasteiger partial charge in [0.05, 0.1) is 17.8 Å². The van der Waals surface area contributed by atoms with E-state index in [1.807, 2.05) is 12.1 Å². The van der Waals surface area contributed by atoms with Gasteiger partial charge in [-0.2, -0.15) is 0 Å². The maximum atomic E-state index is 10.8. The summed E-state index contributed by atoms with van der Waals surface area (Å²) >= 11 is 0. The Balaban J connectivity index is 2.64. The maximum Gasteiger partial charge on any atom is 0.335 e. The molecule has 2 atom stereocenters. The Hall–Kier alpha value is -1.39. The lowest BCUT2D eigenvalue weighted by Crippen LogP contribution is -2.32. The van der Waals surface area contributed by atoms with E-state index in [2.05, 4.69) is 6.92 Å². The lowest BCUT2D eigenvalue weighted by atomic mass is 9.98. The Morgan fingerprint density at radius 3 is 2.19 bits per heavy atom. The molecule has 0 spiro atoms. The number of carboxylic acids is 1. The lowest BCUT2D eigenvalue weighted by Gasteiger charge is -2.25. The van der Waals surface area contributed by atoms with Crippen LogP contribution in [0, 0.1) is 0 Å². The van der Waals surface area contributed by atoms with Crippen LogP contribution in [0.5, 0.6) is 0 Å². The number of hydrogen-bond donors (Lipinski definition) is 1. The highest BCUT2D eigenvalue weighted by Gasteiger charge is 2.21. The minimum absolute atomic E-state index is 0.0115. The summed E-state index contributed by atoms with van der Waals surface area (Å²) in [5.41, 5.74) is 1.36. The van der Waals surface area contributed by atoms with E-state index in [0.717, 1.165) is 24.8 Å². The van der Waals surface area contributed by atoms with E-state index in [1.165, 1.54) is 12.8 Å². The van der Waals surface area contributed by atoms with Gasteiger partial charge in [-0.15, -0.1) is 0 Å². The normalized spacial score (nSPS) is 13.9. The zero-order chi connectivity index (χ0) is 15.7. The largest absolute Gasteiger partial charge is 0.478 e. The van der Waals surface area contributed by atoms with Crippen molar-refractivity contribution in [3.63, 3.8) is 0 Å². The van der Waals surface area contributed by atoms with Gasteiger partial charge in [0, 0.05) is 20.6 Å². The van der Waals surface area contributed by atoms with E-state index < -0.39 is 5.97 Å². The fraction of sp³-hybridized carbons (Fsp3) is 0.588. The molecule has 1 N–H and O–H groups in total. The van der Waals surface area contributed by atoms with Crippen molar-refractivity contribution >= 4 is 5.97 Å². The second kappa shape index (κ2) is 9.53. The molecule has 118 valence electrons. The van der Waals surface area contributed by atoms with Crippen molar-refractivity contribution < 1.29 is 19.4 Å². The number of benzene rings is 1. The Bertz CT molecular complexity index is 413. The van der Waals surface area contributed by atoms with Gasteiger partial charge in [0.1, 0.15) is 0 Å². The van der Waals surface area contributed by atoms with Gasteiger partial charge in [-0.3, -0.25) is 0 Å². The van der Waals surface area contributed by atoms with Crippen molar-refractivity contribution in [1.29, 1.82) is 0 Å². The van der Waals surface area contributed by atoms with Crippen molar-refractivity contribution in [3.05, 3.63) is 35.4 Å². The minimum Gasteiger partial charge on any atom is -0.478 e. The van der Waals surface area contributed by atoms with Gasteiger partial charge in [-0.1, -0.05) is 38.3 Å². The van der Waals surface area contributed by atoms with Crippen LogP contribution in [0.1, 0.15) is 48.5 Å². The maximum absolute atomic E-state index is 10.8. The van der Waals surface area contributed by atoms with Crippen LogP contribution in [0.4, 0.5) is 0 Å². The molecule has 2 unspecified atom stereocenters. The lowest BCUT2D eigenvalue weighted by molar-refractivity contribution is -0.0399. The second-order valence-corrected chi connectivity index (χ2v) is 5.25. The molecule has 0 saturated carbocycles. The molecule has 0 heterocycles. The van der Waals surface area contributed by atoms with Crippen molar-refractivity contribution in [2.75, 3.05) is 14.2 Å². The fourth-order valence-electron chi connectivity index (χ4n) is 2.43. The topological polar surface area (TPSA) is 55.8 Å². The van der Waals surface area contributed by atoms with Gasteiger partial charge in [0.2, 0.25) is 0 Å². The zero-order valence-electron chi connectivity index (χ0n) is 13.2. The number of aromatic carboxylic acids is 1. The van der Waals surface area contributed by atoms with E-state index in [4.69, 9.17) is 14.6 Å². The highest BCUT2D eigenvalue weighted by molar-refractivity contribution is 5.87. The number of rotatable bonds is 10. The van der Waals surface area contributed by atoms with E-state index in [-0.39, 0.29) is 12.2 Å². The molecule has 0 amide bonds. The summed E-state index contributed by atoms with van der Waals surface area (Å²) in [6.45, 7) is 2.18. The van der Waals surface area contributed by atoms with Gasteiger partial charge in [0.15, 0.2) is 0 Å². The van der Waals surface area contributed by atoms with Crippen LogP contribution >= 0.6 is 0 Å². The van der Waals surface area contributed by atoms with Crippen LogP contribution in [0.3, 0.4) is 0 Å². The monoisotopic (exact) mass is 294 g/mol. The second-order valence-electron chi connectivity index (χ2n) is 5.25. The SMILES string of the molecule is CCCCCC(OC)C(Cc1ccc(C(=O)O)cc1)OC.